The highest BCUT2D eigenvalue weighted by molar-refractivity contribution is 9.10. The third-order valence-electron chi connectivity index (χ3n) is 2.77. The van der Waals surface area contributed by atoms with Gasteiger partial charge in [-0.25, -0.2) is 0 Å². The second kappa shape index (κ2) is 2.88. The van der Waals surface area contributed by atoms with E-state index in [1.54, 1.807) is 0 Å². The summed E-state index contributed by atoms with van der Waals surface area (Å²) in [6.07, 6.45) is 0. The van der Waals surface area contributed by atoms with Crippen LogP contribution in [0.25, 0.3) is 10.8 Å². The minimum absolute atomic E-state index is 1.15. The van der Waals surface area contributed by atoms with Crippen LogP contribution < -0.4 is 0 Å². The van der Waals surface area contributed by atoms with Gasteiger partial charge in [-0.15, -0.1) is 0 Å². The fourth-order valence-corrected chi connectivity index (χ4v) is 2.11. The number of hydrogen-bond donors (Lipinski definition) is 0. The Bertz CT molecular complexity index is 468. The van der Waals surface area contributed by atoms with E-state index in [9.17, 15) is 0 Å². The van der Waals surface area contributed by atoms with Crippen LogP contribution in [0, 0.1) is 13.8 Å². The number of aryl methyl sites for hydroxylation is 2. The monoisotopic (exact) mass is 237 g/mol. The molecule has 1 heterocycles. The van der Waals surface area contributed by atoms with E-state index in [0.29, 0.717) is 0 Å². The van der Waals surface area contributed by atoms with E-state index in [-0.39, 0.29) is 0 Å². The molecule has 1 aromatic carbocycles. The van der Waals surface area contributed by atoms with Crippen LogP contribution in [-0.2, 0) is 7.05 Å². The number of fused-ring (bicyclic) bond motifs is 1. The minimum atomic E-state index is 1.15. The first-order chi connectivity index (χ1) is 6.11. The molecule has 2 rings (SSSR count). The van der Waals surface area contributed by atoms with Crippen molar-refractivity contribution in [2.45, 2.75) is 13.8 Å². The Labute approximate surface area is 86.5 Å². The lowest BCUT2D eigenvalue weighted by molar-refractivity contribution is 0.851. The Balaban J connectivity index is 2.95. The molecule has 0 saturated carbocycles. The van der Waals surface area contributed by atoms with Crippen molar-refractivity contribution in [2.24, 2.45) is 7.05 Å². The van der Waals surface area contributed by atoms with Gasteiger partial charge in [0.1, 0.15) is 0 Å². The first-order valence-electron chi connectivity index (χ1n) is 4.32. The topological polar surface area (TPSA) is 4.93 Å². The summed E-state index contributed by atoms with van der Waals surface area (Å²) in [7, 11) is 2.11. The molecule has 2 aromatic rings. The highest BCUT2D eigenvalue weighted by atomic mass is 79.9. The lowest BCUT2D eigenvalue weighted by atomic mass is 10.1. The Morgan fingerprint density at radius 1 is 1.08 bits per heavy atom. The number of nitrogens with zero attached hydrogens (tertiary/aromatic N) is 1. The standard InChI is InChI=1S/C11H12BrN/c1-7-10-5-4-9(12)6-11(10)8(2)13(7)3/h4-6H,1-3H3. The zero-order valence-corrected chi connectivity index (χ0v) is 9.64. The number of hydrogen-bond acceptors (Lipinski definition) is 0. The summed E-state index contributed by atoms with van der Waals surface area (Å²) in [5.41, 5.74) is 2.66. The number of aromatic nitrogens is 1. The van der Waals surface area contributed by atoms with E-state index in [1.807, 2.05) is 0 Å². The maximum Gasteiger partial charge on any atom is 0.0222 e. The molecule has 0 saturated heterocycles. The molecule has 0 aliphatic rings. The maximum absolute atomic E-state index is 3.49. The highest BCUT2D eigenvalue weighted by Gasteiger charge is 2.07. The first-order valence-corrected chi connectivity index (χ1v) is 5.11. The summed E-state index contributed by atoms with van der Waals surface area (Å²) < 4.78 is 3.38. The smallest absolute Gasteiger partial charge is 0.0222 e. The van der Waals surface area contributed by atoms with E-state index in [0.717, 1.165) is 4.47 Å². The summed E-state index contributed by atoms with van der Waals surface area (Å²) >= 11 is 3.49. The normalized spacial score (nSPS) is 11.1. The van der Waals surface area contributed by atoms with Crippen molar-refractivity contribution in [2.75, 3.05) is 0 Å². The van der Waals surface area contributed by atoms with Gasteiger partial charge < -0.3 is 4.57 Å². The molecular formula is C11H12BrN. The Morgan fingerprint density at radius 3 is 2.38 bits per heavy atom. The summed E-state index contributed by atoms with van der Waals surface area (Å²) in [5.74, 6) is 0. The van der Waals surface area contributed by atoms with E-state index < -0.39 is 0 Å². The van der Waals surface area contributed by atoms with Gasteiger partial charge in [-0.3, -0.25) is 0 Å². The lowest BCUT2D eigenvalue weighted by Crippen LogP contribution is -1.91. The Morgan fingerprint density at radius 2 is 1.69 bits per heavy atom. The van der Waals surface area contributed by atoms with Gasteiger partial charge in [0.15, 0.2) is 0 Å². The summed E-state index contributed by atoms with van der Waals surface area (Å²) in [6, 6.07) is 6.44. The maximum atomic E-state index is 3.49. The van der Waals surface area contributed by atoms with Gasteiger partial charge in [0.05, 0.1) is 0 Å². The van der Waals surface area contributed by atoms with Crippen LogP contribution in [0.2, 0.25) is 0 Å². The summed E-state index contributed by atoms with van der Waals surface area (Å²) in [6.45, 7) is 4.31. The van der Waals surface area contributed by atoms with Crippen LogP contribution in [0.15, 0.2) is 22.7 Å². The molecule has 1 aromatic heterocycles. The van der Waals surface area contributed by atoms with Gasteiger partial charge >= 0.3 is 0 Å². The average molecular weight is 238 g/mol. The van der Waals surface area contributed by atoms with Crippen molar-refractivity contribution < 1.29 is 0 Å². The minimum Gasteiger partial charge on any atom is -0.351 e. The molecule has 13 heavy (non-hydrogen) atoms. The molecule has 0 unspecified atom stereocenters. The van der Waals surface area contributed by atoms with E-state index in [1.165, 1.54) is 22.2 Å². The molecule has 0 aliphatic carbocycles. The molecule has 0 radical (unpaired) electrons. The van der Waals surface area contributed by atoms with E-state index >= 15 is 0 Å². The second-order valence-corrected chi connectivity index (χ2v) is 4.34. The molecule has 0 aliphatic heterocycles. The van der Waals surface area contributed by atoms with Crippen LogP contribution in [0.3, 0.4) is 0 Å². The lowest BCUT2D eigenvalue weighted by Gasteiger charge is -1.97. The molecular weight excluding hydrogens is 226 g/mol. The summed E-state index contributed by atoms with van der Waals surface area (Å²) in [5, 5.41) is 2.69. The largest absolute Gasteiger partial charge is 0.351 e. The molecule has 2 heteroatoms. The molecule has 68 valence electrons. The van der Waals surface area contributed by atoms with Gasteiger partial charge in [0.2, 0.25) is 0 Å². The summed E-state index contributed by atoms with van der Waals surface area (Å²) in [4.78, 5) is 0. The van der Waals surface area contributed by atoms with E-state index in [4.69, 9.17) is 0 Å². The van der Waals surface area contributed by atoms with Crippen LogP contribution in [-0.4, -0.2) is 4.57 Å². The second-order valence-electron chi connectivity index (χ2n) is 3.42. The van der Waals surface area contributed by atoms with Gasteiger partial charge in [0, 0.05) is 33.7 Å². The zero-order valence-electron chi connectivity index (χ0n) is 8.06. The third-order valence-corrected chi connectivity index (χ3v) is 3.26. The number of halogens is 1. The van der Waals surface area contributed by atoms with Crippen molar-refractivity contribution in [1.82, 2.24) is 4.57 Å². The van der Waals surface area contributed by atoms with Gasteiger partial charge in [-0.1, -0.05) is 22.0 Å². The average Bonchev–Trinajstić information content (AvgIpc) is 2.32. The fourth-order valence-electron chi connectivity index (χ4n) is 1.74. The highest BCUT2D eigenvalue weighted by Crippen LogP contribution is 2.27. The van der Waals surface area contributed by atoms with Crippen LogP contribution in [0.4, 0.5) is 0 Å². The van der Waals surface area contributed by atoms with Crippen molar-refractivity contribution >= 4 is 26.7 Å². The quantitative estimate of drug-likeness (QED) is 0.661. The SMILES string of the molecule is Cc1c2ccc(Br)cc2c(C)n1C. The molecule has 0 fully saturated rings. The fraction of sp³-hybridized carbons (Fsp3) is 0.273. The predicted octanol–water partition coefficient (Wildman–Crippen LogP) is 3.56. The third kappa shape index (κ3) is 1.20. The Hall–Kier alpha value is -0.760. The molecule has 0 N–H and O–H groups in total. The molecule has 0 bridgehead atoms. The zero-order chi connectivity index (χ0) is 9.59. The van der Waals surface area contributed by atoms with Gasteiger partial charge in [-0.2, -0.15) is 0 Å². The van der Waals surface area contributed by atoms with Crippen LogP contribution in [0.5, 0.6) is 0 Å². The van der Waals surface area contributed by atoms with Crippen LogP contribution >= 0.6 is 15.9 Å². The molecule has 1 nitrogen and oxygen atoms in total. The van der Waals surface area contributed by atoms with E-state index in [2.05, 4.69) is 59.6 Å². The first kappa shape index (κ1) is 8.82. The van der Waals surface area contributed by atoms with Crippen molar-refractivity contribution in [3.05, 3.63) is 34.1 Å². The number of benzene rings is 1. The van der Waals surface area contributed by atoms with Gasteiger partial charge in [0.25, 0.3) is 0 Å². The van der Waals surface area contributed by atoms with Crippen molar-refractivity contribution in [3.63, 3.8) is 0 Å². The Kier molecular flexibility index (Phi) is 1.95. The van der Waals surface area contributed by atoms with Crippen molar-refractivity contribution in [1.29, 1.82) is 0 Å². The van der Waals surface area contributed by atoms with Crippen LogP contribution in [0.1, 0.15) is 11.4 Å². The predicted molar refractivity (Wildman–Crippen MR) is 60.1 cm³/mol. The van der Waals surface area contributed by atoms with Gasteiger partial charge in [-0.05, 0) is 26.0 Å². The molecule has 0 amide bonds. The van der Waals surface area contributed by atoms with Crippen molar-refractivity contribution in [3.8, 4) is 0 Å². The number of rotatable bonds is 0. The molecule has 0 atom stereocenters. The molecule has 0 spiro atoms.